The first-order valence-corrected chi connectivity index (χ1v) is 5.63. The Balaban J connectivity index is 3.18. The summed E-state index contributed by atoms with van der Waals surface area (Å²) in [5.41, 5.74) is -0.130. The normalized spacial score (nSPS) is 10.3. The topological polar surface area (TPSA) is 70.3 Å². The fourth-order valence-corrected chi connectivity index (χ4v) is 1.67. The highest BCUT2D eigenvalue weighted by molar-refractivity contribution is 5.73. The van der Waals surface area contributed by atoms with Crippen molar-refractivity contribution in [2.24, 2.45) is 0 Å². The summed E-state index contributed by atoms with van der Waals surface area (Å²) in [6.45, 7) is 1.26. The molecule has 102 valence electrons. The number of ether oxygens (including phenoxy) is 1. The van der Waals surface area contributed by atoms with E-state index in [2.05, 4.69) is 0 Å². The van der Waals surface area contributed by atoms with Crippen molar-refractivity contribution in [1.82, 2.24) is 0 Å². The van der Waals surface area contributed by atoms with Crippen LogP contribution in [0.4, 0.5) is 8.78 Å². The Labute approximate surface area is 109 Å². The third kappa shape index (κ3) is 3.73. The number of rotatable bonds is 5. The Hall–Kier alpha value is -2.00. The zero-order valence-corrected chi connectivity index (χ0v) is 10.3. The van der Waals surface area contributed by atoms with Crippen LogP contribution in [0.25, 0.3) is 0 Å². The van der Waals surface area contributed by atoms with Gasteiger partial charge in [-0.2, -0.15) is 5.26 Å². The second kappa shape index (κ2) is 6.81. The molecule has 0 aliphatic carbocycles. The molecule has 6 heteroatoms. The molecule has 19 heavy (non-hydrogen) atoms. The minimum Gasteiger partial charge on any atom is -0.466 e. The highest BCUT2D eigenvalue weighted by Crippen LogP contribution is 2.26. The fourth-order valence-electron chi connectivity index (χ4n) is 1.67. The lowest BCUT2D eigenvalue weighted by Gasteiger charge is -2.11. The monoisotopic (exact) mass is 269 g/mol. The quantitative estimate of drug-likeness (QED) is 0.831. The average Bonchev–Trinajstić information content (AvgIpc) is 2.38. The van der Waals surface area contributed by atoms with Crippen LogP contribution < -0.4 is 0 Å². The van der Waals surface area contributed by atoms with E-state index >= 15 is 0 Å². The van der Waals surface area contributed by atoms with Crippen LogP contribution in [0, 0.1) is 11.3 Å². The molecule has 0 bridgehead atoms. The standard InChI is InChI=1S/C13H13F2NO3/c1-2-19-12(18)5-8-3-10(7-17)11(13(14)15)4-9(8)6-16/h3-4,13,17H,2,5,7H2,1H3. The summed E-state index contributed by atoms with van der Waals surface area (Å²) >= 11 is 0. The maximum Gasteiger partial charge on any atom is 0.310 e. The van der Waals surface area contributed by atoms with Gasteiger partial charge in [-0.15, -0.1) is 0 Å². The van der Waals surface area contributed by atoms with E-state index in [-0.39, 0.29) is 29.7 Å². The van der Waals surface area contributed by atoms with E-state index in [0.717, 1.165) is 6.07 Å². The predicted molar refractivity (Wildman–Crippen MR) is 62.4 cm³/mol. The smallest absolute Gasteiger partial charge is 0.310 e. The van der Waals surface area contributed by atoms with Crippen LogP contribution in [0.2, 0.25) is 0 Å². The molecule has 0 unspecified atom stereocenters. The molecule has 0 saturated carbocycles. The van der Waals surface area contributed by atoms with Gasteiger partial charge in [0.15, 0.2) is 0 Å². The van der Waals surface area contributed by atoms with Crippen LogP contribution in [-0.4, -0.2) is 17.7 Å². The molecular formula is C13H13F2NO3. The van der Waals surface area contributed by atoms with Gasteiger partial charge in [-0.1, -0.05) is 6.07 Å². The van der Waals surface area contributed by atoms with Crippen molar-refractivity contribution < 1.29 is 23.4 Å². The summed E-state index contributed by atoms with van der Waals surface area (Å²) in [5.74, 6) is -0.548. The summed E-state index contributed by atoms with van der Waals surface area (Å²) in [7, 11) is 0. The zero-order chi connectivity index (χ0) is 14.4. The first kappa shape index (κ1) is 15.1. The number of alkyl halides is 2. The van der Waals surface area contributed by atoms with Crippen molar-refractivity contribution in [3.05, 3.63) is 34.4 Å². The van der Waals surface area contributed by atoms with Crippen molar-refractivity contribution in [2.45, 2.75) is 26.4 Å². The molecule has 1 rings (SSSR count). The van der Waals surface area contributed by atoms with E-state index < -0.39 is 24.6 Å². The van der Waals surface area contributed by atoms with E-state index in [1.807, 2.05) is 0 Å². The van der Waals surface area contributed by atoms with Crippen LogP contribution in [-0.2, 0) is 22.6 Å². The van der Waals surface area contributed by atoms with Gasteiger partial charge in [0.05, 0.1) is 31.3 Å². The van der Waals surface area contributed by atoms with Crippen molar-refractivity contribution in [3.63, 3.8) is 0 Å². The molecule has 0 heterocycles. The summed E-state index contributed by atoms with van der Waals surface area (Å²) in [6.07, 6.45) is -2.97. The van der Waals surface area contributed by atoms with E-state index in [9.17, 15) is 13.6 Å². The lowest BCUT2D eigenvalue weighted by atomic mass is 9.97. The number of carbonyl (C=O) groups is 1. The number of hydrogen-bond acceptors (Lipinski definition) is 4. The molecule has 0 atom stereocenters. The zero-order valence-electron chi connectivity index (χ0n) is 10.3. The number of halogens is 2. The molecule has 0 aliphatic heterocycles. The van der Waals surface area contributed by atoms with Gasteiger partial charge in [-0.3, -0.25) is 4.79 Å². The van der Waals surface area contributed by atoms with Gasteiger partial charge in [-0.05, 0) is 24.1 Å². The van der Waals surface area contributed by atoms with Crippen molar-refractivity contribution in [3.8, 4) is 6.07 Å². The van der Waals surface area contributed by atoms with Gasteiger partial charge < -0.3 is 9.84 Å². The molecule has 0 aromatic heterocycles. The van der Waals surface area contributed by atoms with E-state index in [1.165, 1.54) is 6.07 Å². The van der Waals surface area contributed by atoms with Crippen molar-refractivity contribution >= 4 is 5.97 Å². The van der Waals surface area contributed by atoms with Gasteiger partial charge >= 0.3 is 5.97 Å². The Morgan fingerprint density at radius 2 is 2.16 bits per heavy atom. The van der Waals surface area contributed by atoms with Gasteiger partial charge in [0.1, 0.15) is 0 Å². The summed E-state index contributed by atoms with van der Waals surface area (Å²) in [6, 6.07) is 4.02. The molecule has 0 spiro atoms. The molecule has 0 radical (unpaired) electrons. The lowest BCUT2D eigenvalue weighted by Crippen LogP contribution is -2.10. The molecule has 0 aliphatic rings. The molecule has 0 fully saturated rings. The maximum atomic E-state index is 12.7. The van der Waals surface area contributed by atoms with E-state index in [4.69, 9.17) is 15.1 Å². The van der Waals surface area contributed by atoms with Crippen LogP contribution in [0.5, 0.6) is 0 Å². The molecule has 1 aromatic carbocycles. The third-order valence-corrected chi connectivity index (χ3v) is 2.53. The summed E-state index contributed by atoms with van der Waals surface area (Å²) in [4.78, 5) is 11.4. The molecule has 1 N–H and O–H groups in total. The van der Waals surface area contributed by atoms with E-state index in [0.29, 0.717) is 0 Å². The average molecular weight is 269 g/mol. The molecule has 1 aromatic rings. The Kier molecular flexibility index (Phi) is 5.39. The third-order valence-electron chi connectivity index (χ3n) is 2.53. The maximum absolute atomic E-state index is 12.7. The van der Waals surface area contributed by atoms with Crippen LogP contribution >= 0.6 is 0 Å². The number of benzene rings is 1. The second-order valence-corrected chi connectivity index (χ2v) is 3.76. The van der Waals surface area contributed by atoms with Crippen LogP contribution in [0.1, 0.15) is 35.6 Å². The Morgan fingerprint density at radius 3 is 2.63 bits per heavy atom. The van der Waals surface area contributed by atoms with Gasteiger partial charge in [0.2, 0.25) is 0 Å². The molecular weight excluding hydrogens is 256 g/mol. The van der Waals surface area contributed by atoms with Gasteiger partial charge in [-0.25, -0.2) is 8.78 Å². The minimum atomic E-state index is -2.79. The number of carbonyl (C=O) groups excluding carboxylic acids is 1. The Bertz CT molecular complexity index is 509. The van der Waals surface area contributed by atoms with Crippen LogP contribution in [0.3, 0.4) is 0 Å². The molecule has 4 nitrogen and oxygen atoms in total. The van der Waals surface area contributed by atoms with Gasteiger partial charge in [0, 0.05) is 5.56 Å². The first-order valence-electron chi connectivity index (χ1n) is 5.63. The minimum absolute atomic E-state index is 0.00768. The number of nitrogens with zero attached hydrogens (tertiary/aromatic N) is 1. The number of aliphatic hydroxyl groups excluding tert-OH is 1. The predicted octanol–water partition coefficient (Wildman–Crippen LogP) is 2.09. The largest absolute Gasteiger partial charge is 0.466 e. The SMILES string of the molecule is CCOC(=O)Cc1cc(CO)c(C(F)F)cc1C#N. The Morgan fingerprint density at radius 1 is 1.47 bits per heavy atom. The molecule has 0 saturated heterocycles. The van der Waals surface area contributed by atoms with Gasteiger partial charge in [0.25, 0.3) is 6.43 Å². The number of esters is 1. The highest BCUT2D eigenvalue weighted by Gasteiger charge is 2.18. The number of hydrogen-bond donors (Lipinski definition) is 1. The second-order valence-electron chi connectivity index (χ2n) is 3.76. The van der Waals surface area contributed by atoms with E-state index in [1.54, 1.807) is 13.0 Å². The number of aliphatic hydroxyl groups is 1. The molecule has 0 amide bonds. The van der Waals surface area contributed by atoms with Crippen molar-refractivity contribution in [1.29, 1.82) is 5.26 Å². The lowest BCUT2D eigenvalue weighted by molar-refractivity contribution is -0.142. The van der Waals surface area contributed by atoms with Crippen LogP contribution in [0.15, 0.2) is 12.1 Å². The number of nitriles is 1. The summed E-state index contributed by atoms with van der Waals surface area (Å²) in [5, 5.41) is 18.0. The summed E-state index contributed by atoms with van der Waals surface area (Å²) < 4.78 is 30.2. The highest BCUT2D eigenvalue weighted by atomic mass is 19.3. The van der Waals surface area contributed by atoms with Crippen molar-refractivity contribution in [2.75, 3.05) is 6.61 Å². The fraction of sp³-hybridized carbons (Fsp3) is 0.385. The first-order chi connectivity index (χ1) is 9.03.